The Morgan fingerprint density at radius 1 is 1.40 bits per heavy atom. The summed E-state index contributed by atoms with van der Waals surface area (Å²) in [5, 5.41) is 14.5. The van der Waals surface area contributed by atoms with E-state index in [9.17, 15) is 9.50 Å². The van der Waals surface area contributed by atoms with Crippen LogP contribution in [0.15, 0.2) is 22.7 Å². The fourth-order valence-corrected chi connectivity index (χ4v) is 2.78. The van der Waals surface area contributed by atoms with Gasteiger partial charge in [0, 0.05) is 18.3 Å². The molecule has 1 N–H and O–H groups in total. The Bertz CT molecular complexity index is 625. The van der Waals surface area contributed by atoms with Gasteiger partial charge in [0.1, 0.15) is 5.82 Å². The normalized spacial score (nSPS) is 12.7. The van der Waals surface area contributed by atoms with E-state index in [1.165, 1.54) is 0 Å². The van der Waals surface area contributed by atoms with Crippen molar-refractivity contribution in [3.05, 3.63) is 51.0 Å². The van der Waals surface area contributed by atoms with Crippen molar-refractivity contribution in [2.75, 3.05) is 0 Å². The number of benzene rings is 1. The SMILES string of the molecule is Cc1nn(C)c(C)c1CCC(O)c1cccc(Br)c1F. The first-order chi connectivity index (χ1) is 9.41. The molecule has 0 spiro atoms. The number of rotatable bonds is 4. The monoisotopic (exact) mass is 340 g/mol. The molecule has 0 saturated heterocycles. The van der Waals surface area contributed by atoms with Crippen LogP contribution in [0.4, 0.5) is 4.39 Å². The topological polar surface area (TPSA) is 38.0 Å². The van der Waals surface area contributed by atoms with E-state index in [0.717, 1.165) is 17.0 Å². The molecule has 0 aliphatic rings. The summed E-state index contributed by atoms with van der Waals surface area (Å²) in [6.07, 6.45) is 0.339. The number of aromatic nitrogens is 2. The third-order valence-corrected chi connectivity index (χ3v) is 4.28. The van der Waals surface area contributed by atoms with E-state index in [4.69, 9.17) is 0 Å². The smallest absolute Gasteiger partial charge is 0.143 e. The molecule has 0 aliphatic heterocycles. The summed E-state index contributed by atoms with van der Waals surface area (Å²) in [7, 11) is 1.90. The number of nitrogens with zero attached hydrogens (tertiary/aromatic N) is 2. The summed E-state index contributed by atoms with van der Waals surface area (Å²) < 4.78 is 16.1. The zero-order valence-electron chi connectivity index (χ0n) is 11.8. The minimum Gasteiger partial charge on any atom is -0.388 e. The molecule has 5 heteroatoms. The van der Waals surface area contributed by atoms with Crippen LogP contribution >= 0.6 is 15.9 Å². The van der Waals surface area contributed by atoms with Gasteiger partial charge in [0.2, 0.25) is 0 Å². The zero-order chi connectivity index (χ0) is 14.9. The molecule has 1 unspecified atom stereocenters. The molecule has 20 heavy (non-hydrogen) atoms. The lowest BCUT2D eigenvalue weighted by Crippen LogP contribution is -2.04. The molecule has 1 aromatic heterocycles. The average Bonchev–Trinajstić information content (AvgIpc) is 2.64. The summed E-state index contributed by atoms with van der Waals surface area (Å²) >= 11 is 3.14. The van der Waals surface area contributed by atoms with Gasteiger partial charge in [-0.3, -0.25) is 4.68 Å². The van der Waals surface area contributed by atoms with Crippen molar-refractivity contribution in [2.45, 2.75) is 32.8 Å². The van der Waals surface area contributed by atoms with E-state index in [2.05, 4.69) is 21.0 Å². The third-order valence-electron chi connectivity index (χ3n) is 3.67. The van der Waals surface area contributed by atoms with Crippen LogP contribution in [0, 0.1) is 19.7 Å². The first-order valence-electron chi connectivity index (χ1n) is 6.53. The molecule has 0 fully saturated rings. The van der Waals surface area contributed by atoms with Gasteiger partial charge in [0.25, 0.3) is 0 Å². The van der Waals surface area contributed by atoms with Crippen LogP contribution in [-0.4, -0.2) is 14.9 Å². The van der Waals surface area contributed by atoms with E-state index in [0.29, 0.717) is 22.9 Å². The molecule has 0 aliphatic carbocycles. The number of hydrogen-bond donors (Lipinski definition) is 1. The fraction of sp³-hybridized carbons (Fsp3) is 0.400. The first-order valence-corrected chi connectivity index (χ1v) is 7.32. The minimum atomic E-state index is -0.813. The molecule has 1 aromatic carbocycles. The molecule has 0 amide bonds. The van der Waals surface area contributed by atoms with Crippen molar-refractivity contribution in [3.63, 3.8) is 0 Å². The van der Waals surface area contributed by atoms with Gasteiger partial charge in [0.15, 0.2) is 0 Å². The highest BCUT2D eigenvalue weighted by Crippen LogP contribution is 2.27. The van der Waals surface area contributed by atoms with Gasteiger partial charge in [-0.2, -0.15) is 5.10 Å². The standard InChI is InChI=1S/C15H18BrFN2O/c1-9-11(10(2)19(3)18-9)7-8-14(20)12-5-4-6-13(16)15(12)17/h4-6,14,20H,7-8H2,1-3H3. The fourth-order valence-electron chi connectivity index (χ4n) is 2.39. The Morgan fingerprint density at radius 2 is 2.10 bits per heavy atom. The number of aryl methyl sites for hydroxylation is 2. The number of aliphatic hydroxyl groups is 1. The molecule has 0 bridgehead atoms. The van der Waals surface area contributed by atoms with Crippen molar-refractivity contribution in [3.8, 4) is 0 Å². The molecule has 3 nitrogen and oxygen atoms in total. The van der Waals surface area contributed by atoms with Crippen molar-refractivity contribution < 1.29 is 9.50 Å². The maximum atomic E-state index is 13.9. The second kappa shape index (κ2) is 6.06. The van der Waals surface area contributed by atoms with Crippen LogP contribution in [0.2, 0.25) is 0 Å². The summed E-state index contributed by atoms with van der Waals surface area (Å²) in [6, 6.07) is 4.97. The van der Waals surface area contributed by atoms with Gasteiger partial charge >= 0.3 is 0 Å². The van der Waals surface area contributed by atoms with E-state index in [1.807, 2.05) is 25.6 Å². The van der Waals surface area contributed by atoms with Crippen LogP contribution in [0.1, 0.15) is 35.0 Å². The molecule has 0 saturated carbocycles. The van der Waals surface area contributed by atoms with Crippen LogP contribution in [0.3, 0.4) is 0 Å². The van der Waals surface area contributed by atoms with Crippen LogP contribution in [-0.2, 0) is 13.5 Å². The van der Waals surface area contributed by atoms with E-state index < -0.39 is 6.10 Å². The Labute approximate surface area is 126 Å². The molecule has 0 radical (unpaired) electrons. The summed E-state index contributed by atoms with van der Waals surface area (Å²) in [4.78, 5) is 0. The van der Waals surface area contributed by atoms with Crippen molar-refractivity contribution in [1.29, 1.82) is 0 Å². The summed E-state index contributed by atoms with van der Waals surface area (Å²) in [5.41, 5.74) is 3.51. The predicted octanol–water partition coefficient (Wildman–Crippen LogP) is 3.60. The van der Waals surface area contributed by atoms with E-state index in [-0.39, 0.29) is 5.82 Å². The quantitative estimate of drug-likeness (QED) is 0.923. The highest BCUT2D eigenvalue weighted by Gasteiger charge is 2.17. The van der Waals surface area contributed by atoms with E-state index in [1.54, 1.807) is 18.2 Å². The molecule has 108 valence electrons. The van der Waals surface area contributed by atoms with Crippen molar-refractivity contribution in [1.82, 2.24) is 9.78 Å². The first kappa shape index (κ1) is 15.2. The lowest BCUT2D eigenvalue weighted by molar-refractivity contribution is 0.163. The van der Waals surface area contributed by atoms with Crippen molar-refractivity contribution in [2.24, 2.45) is 7.05 Å². The van der Waals surface area contributed by atoms with Gasteiger partial charge in [-0.1, -0.05) is 12.1 Å². The van der Waals surface area contributed by atoms with Crippen LogP contribution in [0.25, 0.3) is 0 Å². The Hall–Kier alpha value is -1.20. The number of halogens is 2. The van der Waals surface area contributed by atoms with Crippen molar-refractivity contribution >= 4 is 15.9 Å². The van der Waals surface area contributed by atoms with Gasteiger partial charge < -0.3 is 5.11 Å². The maximum absolute atomic E-state index is 13.9. The summed E-state index contributed by atoms with van der Waals surface area (Å²) in [5.74, 6) is -0.389. The second-order valence-corrected chi connectivity index (χ2v) is 5.82. The zero-order valence-corrected chi connectivity index (χ0v) is 13.4. The van der Waals surface area contributed by atoms with Gasteiger partial charge in [-0.05, 0) is 54.2 Å². The largest absolute Gasteiger partial charge is 0.388 e. The molecule has 1 atom stereocenters. The molecule has 2 aromatic rings. The highest BCUT2D eigenvalue weighted by atomic mass is 79.9. The maximum Gasteiger partial charge on any atom is 0.143 e. The van der Waals surface area contributed by atoms with Crippen LogP contribution in [0.5, 0.6) is 0 Å². The number of hydrogen-bond acceptors (Lipinski definition) is 2. The Balaban J connectivity index is 2.13. The van der Waals surface area contributed by atoms with Gasteiger partial charge in [-0.25, -0.2) is 4.39 Å². The molecular formula is C15H18BrFN2O. The van der Waals surface area contributed by atoms with E-state index >= 15 is 0 Å². The number of aliphatic hydroxyl groups excluding tert-OH is 1. The predicted molar refractivity (Wildman–Crippen MR) is 80.1 cm³/mol. The lowest BCUT2D eigenvalue weighted by Gasteiger charge is -2.13. The minimum absolute atomic E-state index is 0.332. The lowest BCUT2D eigenvalue weighted by atomic mass is 10.00. The van der Waals surface area contributed by atoms with Gasteiger partial charge in [0.05, 0.1) is 16.3 Å². The molecular weight excluding hydrogens is 323 g/mol. The van der Waals surface area contributed by atoms with Gasteiger partial charge in [-0.15, -0.1) is 0 Å². The molecule has 1 heterocycles. The Kier molecular flexibility index (Phi) is 4.60. The Morgan fingerprint density at radius 3 is 2.70 bits per heavy atom. The summed E-state index contributed by atoms with van der Waals surface area (Å²) in [6.45, 7) is 3.95. The second-order valence-electron chi connectivity index (χ2n) is 4.97. The highest BCUT2D eigenvalue weighted by molar-refractivity contribution is 9.10. The van der Waals surface area contributed by atoms with Crippen LogP contribution < -0.4 is 0 Å². The average molecular weight is 341 g/mol. The molecule has 2 rings (SSSR count). The third kappa shape index (κ3) is 2.94.